The van der Waals surface area contributed by atoms with Crippen LogP contribution in [0.2, 0.25) is 5.02 Å². The molecule has 0 amide bonds. The van der Waals surface area contributed by atoms with Crippen molar-refractivity contribution < 1.29 is 10.2 Å². The number of aromatic hydroxyl groups is 1. The van der Waals surface area contributed by atoms with Gasteiger partial charge in [-0.25, -0.2) is 0 Å². The molecule has 0 unspecified atom stereocenters. The van der Waals surface area contributed by atoms with Crippen LogP contribution in [-0.2, 0) is 6.54 Å². The Labute approximate surface area is 101 Å². The van der Waals surface area contributed by atoms with Crippen molar-refractivity contribution in [2.75, 3.05) is 13.6 Å². The van der Waals surface area contributed by atoms with Gasteiger partial charge in [-0.15, -0.1) is 0 Å². The van der Waals surface area contributed by atoms with Gasteiger partial charge in [-0.1, -0.05) is 11.6 Å². The van der Waals surface area contributed by atoms with E-state index >= 15 is 0 Å². The molecule has 0 bridgehead atoms. The predicted molar refractivity (Wildman–Crippen MR) is 65.7 cm³/mol. The predicted octanol–water partition coefficient (Wildman–Crippen LogP) is 2.25. The molecule has 90 valence electrons. The van der Waals surface area contributed by atoms with Crippen molar-refractivity contribution in [1.29, 1.82) is 0 Å². The molecule has 0 saturated carbocycles. The van der Waals surface area contributed by atoms with Crippen LogP contribution >= 0.6 is 11.6 Å². The van der Waals surface area contributed by atoms with E-state index < -0.39 is 5.60 Å². The van der Waals surface area contributed by atoms with Gasteiger partial charge in [-0.05, 0) is 39.1 Å². The normalized spacial score (nSPS) is 12.1. The van der Waals surface area contributed by atoms with E-state index in [0.717, 1.165) is 5.56 Å². The number of rotatable bonds is 4. The lowest BCUT2D eigenvalue weighted by Crippen LogP contribution is -2.35. The molecular formula is C12H18ClNO2. The van der Waals surface area contributed by atoms with Crippen LogP contribution < -0.4 is 0 Å². The molecule has 0 aliphatic rings. The number of benzene rings is 1. The molecule has 0 fully saturated rings. The first-order chi connectivity index (χ1) is 7.28. The third kappa shape index (κ3) is 4.39. The lowest BCUT2D eigenvalue weighted by molar-refractivity contribution is 0.0423. The lowest BCUT2D eigenvalue weighted by Gasteiger charge is -2.25. The number of aliphatic hydroxyl groups is 1. The fourth-order valence-corrected chi connectivity index (χ4v) is 1.88. The fourth-order valence-electron chi connectivity index (χ4n) is 1.69. The molecule has 0 heterocycles. The van der Waals surface area contributed by atoms with Crippen molar-refractivity contribution in [2.45, 2.75) is 26.0 Å². The van der Waals surface area contributed by atoms with Crippen LogP contribution in [0.15, 0.2) is 18.2 Å². The van der Waals surface area contributed by atoms with E-state index in [9.17, 15) is 10.2 Å². The summed E-state index contributed by atoms with van der Waals surface area (Å²) in [5.74, 6) is 0.229. The van der Waals surface area contributed by atoms with Gasteiger partial charge in [0.1, 0.15) is 5.75 Å². The minimum absolute atomic E-state index is 0.229. The summed E-state index contributed by atoms with van der Waals surface area (Å²) in [6, 6.07) is 4.96. The molecule has 4 heteroatoms. The number of nitrogens with zero attached hydrogens (tertiary/aromatic N) is 1. The Kier molecular flexibility index (Phi) is 4.19. The summed E-state index contributed by atoms with van der Waals surface area (Å²) in [5.41, 5.74) is 0.0161. The van der Waals surface area contributed by atoms with Gasteiger partial charge in [0, 0.05) is 23.7 Å². The highest BCUT2D eigenvalue weighted by Crippen LogP contribution is 2.22. The molecule has 0 spiro atoms. The third-order valence-corrected chi connectivity index (χ3v) is 2.37. The summed E-state index contributed by atoms with van der Waals surface area (Å²) in [5, 5.41) is 19.9. The van der Waals surface area contributed by atoms with Crippen LogP contribution in [-0.4, -0.2) is 34.3 Å². The highest BCUT2D eigenvalue weighted by molar-refractivity contribution is 6.30. The van der Waals surface area contributed by atoms with Crippen LogP contribution in [0.25, 0.3) is 0 Å². The quantitative estimate of drug-likeness (QED) is 0.853. The minimum atomic E-state index is -0.747. The molecular weight excluding hydrogens is 226 g/mol. The molecule has 1 aromatic carbocycles. The highest BCUT2D eigenvalue weighted by atomic mass is 35.5. The molecule has 0 saturated heterocycles. The topological polar surface area (TPSA) is 43.7 Å². The van der Waals surface area contributed by atoms with E-state index in [0.29, 0.717) is 18.1 Å². The summed E-state index contributed by atoms with van der Waals surface area (Å²) in [6.45, 7) is 4.58. The second-order valence-corrected chi connectivity index (χ2v) is 5.19. The first kappa shape index (κ1) is 13.3. The Morgan fingerprint density at radius 1 is 1.38 bits per heavy atom. The van der Waals surface area contributed by atoms with Crippen molar-refractivity contribution in [3.05, 3.63) is 28.8 Å². The Bertz CT molecular complexity index is 361. The second kappa shape index (κ2) is 5.04. The SMILES string of the molecule is CN(Cc1cc(Cl)ccc1O)CC(C)(C)O. The van der Waals surface area contributed by atoms with Gasteiger partial charge < -0.3 is 10.2 Å². The Morgan fingerprint density at radius 3 is 2.56 bits per heavy atom. The van der Waals surface area contributed by atoms with Crippen LogP contribution in [0.5, 0.6) is 5.75 Å². The first-order valence-corrected chi connectivity index (χ1v) is 5.54. The largest absolute Gasteiger partial charge is 0.508 e. The summed E-state index contributed by atoms with van der Waals surface area (Å²) in [7, 11) is 1.89. The van der Waals surface area contributed by atoms with Gasteiger partial charge in [0.15, 0.2) is 0 Å². The Morgan fingerprint density at radius 2 is 2.00 bits per heavy atom. The summed E-state index contributed by atoms with van der Waals surface area (Å²) >= 11 is 5.85. The first-order valence-electron chi connectivity index (χ1n) is 5.16. The zero-order chi connectivity index (χ0) is 12.3. The minimum Gasteiger partial charge on any atom is -0.508 e. The zero-order valence-electron chi connectivity index (χ0n) is 9.87. The Balaban J connectivity index is 2.69. The molecule has 16 heavy (non-hydrogen) atoms. The van der Waals surface area contributed by atoms with E-state index in [4.69, 9.17) is 11.6 Å². The van der Waals surface area contributed by atoms with Crippen LogP contribution in [0.3, 0.4) is 0 Å². The van der Waals surface area contributed by atoms with Gasteiger partial charge >= 0.3 is 0 Å². The number of phenols is 1. The standard InChI is InChI=1S/C12H18ClNO2/c1-12(2,16)8-14(3)7-9-6-10(13)4-5-11(9)15/h4-6,15-16H,7-8H2,1-3H3. The maximum absolute atomic E-state index is 9.66. The maximum atomic E-state index is 9.66. The summed E-state index contributed by atoms with van der Waals surface area (Å²) < 4.78 is 0. The van der Waals surface area contributed by atoms with E-state index in [1.54, 1.807) is 32.0 Å². The molecule has 1 rings (SSSR count). The van der Waals surface area contributed by atoms with Crippen LogP contribution in [0.1, 0.15) is 19.4 Å². The summed E-state index contributed by atoms with van der Waals surface area (Å²) in [6.07, 6.45) is 0. The number of likely N-dealkylation sites (N-methyl/N-ethyl adjacent to an activating group) is 1. The summed E-state index contributed by atoms with van der Waals surface area (Å²) in [4.78, 5) is 1.94. The average molecular weight is 244 g/mol. The average Bonchev–Trinajstić information content (AvgIpc) is 2.08. The van der Waals surface area contributed by atoms with Crippen molar-refractivity contribution >= 4 is 11.6 Å². The van der Waals surface area contributed by atoms with E-state index in [2.05, 4.69) is 0 Å². The molecule has 0 aliphatic heterocycles. The highest BCUT2D eigenvalue weighted by Gasteiger charge is 2.16. The smallest absolute Gasteiger partial charge is 0.120 e. The van der Waals surface area contributed by atoms with Crippen LogP contribution in [0.4, 0.5) is 0 Å². The van der Waals surface area contributed by atoms with Crippen molar-refractivity contribution in [1.82, 2.24) is 4.90 Å². The van der Waals surface area contributed by atoms with Crippen LogP contribution in [0, 0.1) is 0 Å². The fraction of sp³-hybridized carbons (Fsp3) is 0.500. The lowest BCUT2D eigenvalue weighted by atomic mass is 10.1. The van der Waals surface area contributed by atoms with E-state index in [1.807, 2.05) is 11.9 Å². The van der Waals surface area contributed by atoms with Gasteiger partial charge in [0.25, 0.3) is 0 Å². The number of halogens is 1. The molecule has 0 aromatic heterocycles. The molecule has 0 radical (unpaired) electrons. The second-order valence-electron chi connectivity index (χ2n) is 4.76. The molecule has 2 N–H and O–H groups in total. The van der Waals surface area contributed by atoms with Gasteiger partial charge in [0.05, 0.1) is 5.60 Å². The van der Waals surface area contributed by atoms with Gasteiger partial charge in [-0.3, -0.25) is 4.90 Å². The molecule has 3 nitrogen and oxygen atoms in total. The third-order valence-electron chi connectivity index (χ3n) is 2.14. The monoisotopic (exact) mass is 243 g/mol. The van der Waals surface area contributed by atoms with Crippen molar-refractivity contribution in [3.8, 4) is 5.75 Å². The van der Waals surface area contributed by atoms with Gasteiger partial charge in [-0.2, -0.15) is 0 Å². The van der Waals surface area contributed by atoms with Crippen molar-refractivity contribution in [2.24, 2.45) is 0 Å². The van der Waals surface area contributed by atoms with Gasteiger partial charge in [0.2, 0.25) is 0 Å². The molecule has 0 aliphatic carbocycles. The molecule has 0 atom stereocenters. The van der Waals surface area contributed by atoms with E-state index in [1.165, 1.54) is 0 Å². The van der Waals surface area contributed by atoms with E-state index in [-0.39, 0.29) is 5.75 Å². The number of phenolic OH excluding ortho intramolecular Hbond substituents is 1. The number of hydrogen-bond donors (Lipinski definition) is 2. The molecule has 1 aromatic rings. The number of hydrogen-bond acceptors (Lipinski definition) is 3. The zero-order valence-corrected chi connectivity index (χ0v) is 10.6. The Hall–Kier alpha value is -0.770. The van der Waals surface area contributed by atoms with Crippen molar-refractivity contribution in [3.63, 3.8) is 0 Å². The maximum Gasteiger partial charge on any atom is 0.120 e.